The lowest BCUT2D eigenvalue weighted by Crippen LogP contribution is -2.35. The van der Waals surface area contributed by atoms with Crippen LogP contribution in [0.1, 0.15) is 93.1 Å². The van der Waals surface area contributed by atoms with Crippen molar-refractivity contribution in [3.05, 3.63) is 41.2 Å². The minimum Gasteiger partial charge on any atom is -0.445 e. The number of ether oxygens (including phenoxy) is 2. The molecule has 52 heavy (non-hydrogen) atoms. The Morgan fingerprint density at radius 1 is 0.942 bits per heavy atom. The molecule has 0 fully saturated rings. The molecule has 1 aromatic rings. The number of ketones is 1. The van der Waals surface area contributed by atoms with Gasteiger partial charge >= 0.3 is 12.1 Å². The van der Waals surface area contributed by atoms with Crippen LogP contribution in [0.3, 0.4) is 0 Å². The van der Waals surface area contributed by atoms with Crippen LogP contribution in [0.25, 0.3) is 4.85 Å². The lowest BCUT2D eigenvalue weighted by molar-refractivity contribution is -0.129. The summed E-state index contributed by atoms with van der Waals surface area (Å²) in [4.78, 5) is 52.6. The van der Waals surface area contributed by atoms with Crippen LogP contribution in [0.4, 0.5) is 15.3 Å². The third-order valence-electron chi connectivity index (χ3n) is 8.33. The summed E-state index contributed by atoms with van der Waals surface area (Å²) in [7, 11) is -1.35. The number of primary amides is 1. The standard InChI is InChI=1S/C37H63N6O8P/c1-10-33(51-52(50-22-20-39-9)43(27(4)5)28(6)7)25-48-21-12-19-41-37(47)49-24-30-14-16-32(17-15-30)42-35(45)31(13-11-18-40-36(38)46)23-34(44)29(8)26(2)3/h14-17,26-29,31,33H,10-13,18-25H2,1-8H3,(H,41,47)(H,42,45)(H3,38,40,46)/t29-,31+,33?,52?/m0/s1. The average Bonchev–Trinajstić information content (AvgIpc) is 3.09. The SMILES string of the molecule is [C-]#[N+]CCOP(OC(CC)COCCCNC(=O)OCc1ccc(NC(=O)[C@H](CCCNC(N)=O)CC(=O)[C@@H](C)C(C)C)cc1)N(C(C)C)C(C)C. The third-order valence-corrected chi connectivity index (χ3v) is 10.5. The van der Waals surface area contributed by atoms with E-state index in [0.29, 0.717) is 57.9 Å². The minimum atomic E-state index is -1.35. The molecule has 0 aromatic heterocycles. The van der Waals surface area contributed by atoms with Crippen molar-refractivity contribution in [2.24, 2.45) is 23.5 Å². The van der Waals surface area contributed by atoms with E-state index in [4.69, 9.17) is 30.8 Å². The van der Waals surface area contributed by atoms with Gasteiger partial charge in [-0.25, -0.2) is 20.8 Å². The van der Waals surface area contributed by atoms with E-state index in [-0.39, 0.29) is 61.3 Å². The summed E-state index contributed by atoms with van der Waals surface area (Å²) in [5.41, 5.74) is 6.43. The molecular formula is C37H63N6O8P. The molecule has 0 aliphatic rings. The van der Waals surface area contributed by atoms with E-state index in [1.165, 1.54) is 0 Å². The van der Waals surface area contributed by atoms with Gasteiger partial charge < -0.3 is 45.1 Å². The van der Waals surface area contributed by atoms with Crippen LogP contribution in [0.15, 0.2) is 24.3 Å². The Labute approximate surface area is 312 Å². The zero-order chi connectivity index (χ0) is 39.1. The molecule has 294 valence electrons. The minimum absolute atomic E-state index is 0.0249. The number of Topliss-reactive ketones (excluding diaryl/α,β-unsaturated/α-hetero) is 1. The smallest absolute Gasteiger partial charge is 0.407 e. The predicted octanol–water partition coefficient (Wildman–Crippen LogP) is 6.65. The molecule has 0 bridgehead atoms. The lowest BCUT2D eigenvalue weighted by Gasteiger charge is -2.37. The third kappa shape index (κ3) is 19.5. The van der Waals surface area contributed by atoms with Crippen molar-refractivity contribution in [2.45, 2.75) is 112 Å². The van der Waals surface area contributed by atoms with Crippen LogP contribution in [-0.2, 0) is 34.7 Å². The number of nitrogens with two attached hydrogens (primary N) is 1. The Morgan fingerprint density at radius 2 is 1.60 bits per heavy atom. The quantitative estimate of drug-likeness (QED) is 0.0436. The van der Waals surface area contributed by atoms with Crippen LogP contribution >= 0.6 is 8.53 Å². The number of nitrogens with one attached hydrogen (secondary N) is 3. The molecule has 14 nitrogen and oxygen atoms in total. The van der Waals surface area contributed by atoms with Gasteiger partial charge in [0.1, 0.15) is 19.0 Å². The molecule has 0 heterocycles. The van der Waals surface area contributed by atoms with Gasteiger partial charge in [0.15, 0.2) is 0 Å². The molecule has 4 atom stereocenters. The zero-order valence-corrected chi connectivity index (χ0v) is 33.3. The van der Waals surface area contributed by atoms with E-state index in [9.17, 15) is 19.2 Å². The van der Waals surface area contributed by atoms with Gasteiger partial charge in [0.25, 0.3) is 8.53 Å². The Morgan fingerprint density at radius 3 is 2.17 bits per heavy atom. The first-order chi connectivity index (χ1) is 24.7. The number of anilines is 1. The van der Waals surface area contributed by atoms with Crippen molar-refractivity contribution in [3.63, 3.8) is 0 Å². The van der Waals surface area contributed by atoms with Crippen molar-refractivity contribution < 1.29 is 37.7 Å². The van der Waals surface area contributed by atoms with Gasteiger partial charge in [0.05, 0.1) is 12.7 Å². The number of alkyl carbamates (subject to hydrolysis) is 1. The van der Waals surface area contributed by atoms with Gasteiger partial charge in [0, 0.05) is 55.7 Å². The van der Waals surface area contributed by atoms with E-state index < -0.39 is 26.6 Å². The Kier molecular flexibility index (Phi) is 23.7. The maximum atomic E-state index is 13.2. The molecule has 0 aliphatic carbocycles. The first-order valence-corrected chi connectivity index (χ1v) is 19.5. The first-order valence-electron chi connectivity index (χ1n) is 18.3. The molecule has 15 heteroatoms. The average molecular weight is 751 g/mol. The van der Waals surface area contributed by atoms with E-state index in [0.717, 1.165) is 12.0 Å². The molecule has 1 aromatic carbocycles. The fourth-order valence-electron chi connectivity index (χ4n) is 5.03. The van der Waals surface area contributed by atoms with Gasteiger partial charge in [-0.1, -0.05) is 39.8 Å². The first kappa shape index (κ1) is 46.7. The Balaban J connectivity index is 2.51. The predicted molar refractivity (Wildman–Crippen MR) is 204 cm³/mol. The number of urea groups is 1. The summed E-state index contributed by atoms with van der Waals surface area (Å²) >= 11 is 0. The molecule has 0 saturated heterocycles. The molecule has 0 aliphatic heterocycles. The fourth-order valence-corrected chi connectivity index (χ4v) is 6.79. The summed E-state index contributed by atoms with van der Waals surface area (Å²) in [5, 5.41) is 8.13. The topological polar surface area (TPSA) is 175 Å². The highest BCUT2D eigenvalue weighted by Crippen LogP contribution is 2.47. The van der Waals surface area contributed by atoms with Crippen molar-refractivity contribution in [3.8, 4) is 0 Å². The number of hydrogen-bond donors (Lipinski definition) is 4. The molecule has 0 saturated carbocycles. The summed E-state index contributed by atoms with van der Waals surface area (Å²) in [6.45, 7) is 25.4. The molecule has 0 radical (unpaired) electrons. The van der Waals surface area contributed by atoms with Crippen molar-refractivity contribution in [2.75, 3.05) is 44.8 Å². The molecule has 0 spiro atoms. The normalized spacial score (nSPS) is 13.8. The molecule has 4 amide bonds. The number of benzene rings is 1. The number of carbonyl (C=O) groups is 4. The fraction of sp³-hybridized carbons (Fsp3) is 0.703. The summed E-state index contributed by atoms with van der Waals surface area (Å²) in [6.07, 6.45) is 1.64. The molecule has 2 unspecified atom stereocenters. The van der Waals surface area contributed by atoms with Crippen LogP contribution in [0.5, 0.6) is 0 Å². The van der Waals surface area contributed by atoms with E-state index in [1.54, 1.807) is 24.3 Å². The monoisotopic (exact) mass is 750 g/mol. The number of nitrogens with zero attached hydrogens (tertiary/aromatic N) is 2. The second-order valence-electron chi connectivity index (χ2n) is 13.6. The summed E-state index contributed by atoms with van der Waals surface area (Å²) in [6, 6.07) is 6.74. The number of rotatable bonds is 27. The Hall–Kier alpha value is -3.34. The number of amides is 4. The number of hydrogen-bond acceptors (Lipinski definition) is 9. The summed E-state index contributed by atoms with van der Waals surface area (Å²) < 4.78 is 25.7. The van der Waals surface area contributed by atoms with Crippen LogP contribution < -0.4 is 21.7 Å². The summed E-state index contributed by atoms with van der Waals surface area (Å²) in [5.74, 6) is -0.809. The zero-order valence-electron chi connectivity index (χ0n) is 32.4. The second kappa shape index (κ2) is 26.4. The van der Waals surface area contributed by atoms with Crippen LogP contribution in [-0.4, -0.2) is 86.1 Å². The number of carbonyl (C=O) groups excluding carboxylic acids is 4. The highest BCUT2D eigenvalue weighted by atomic mass is 31.2. The molecular weight excluding hydrogens is 687 g/mol. The Bertz CT molecular complexity index is 1240. The van der Waals surface area contributed by atoms with E-state index in [1.807, 2.05) is 27.7 Å². The van der Waals surface area contributed by atoms with Crippen LogP contribution in [0, 0.1) is 24.3 Å². The van der Waals surface area contributed by atoms with Gasteiger partial charge in [-0.2, -0.15) is 0 Å². The maximum Gasteiger partial charge on any atom is 0.407 e. The lowest BCUT2D eigenvalue weighted by atomic mass is 9.86. The second-order valence-corrected chi connectivity index (χ2v) is 15.0. The van der Waals surface area contributed by atoms with Gasteiger partial charge in [-0.3, -0.25) is 9.59 Å². The van der Waals surface area contributed by atoms with Crippen molar-refractivity contribution in [1.29, 1.82) is 0 Å². The van der Waals surface area contributed by atoms with Crippen molar-refractivity contribution >= 4 is 38.0 Å². The maximum absolute atomic E-state index is 13.2. The van der Waals surface area contributed by atoms with Crippen LogP contribution in [0.2, 0.25) is 0 Å². The highest BCUT2D eigenvalue weighted by molar-refractivity contribution is 7.44. The van der Waals surface area contributed by atoms with E-state index in [2.05, 4.69) is 53.2 Å². The molecule has 5 N–H and O–H groups in total. The van der Waals surface area contributed by atoms with Gasteiger partial charge in [-0.15, -0.1) is 0 Å². The van der Waals surface area contributed by atoms with Crippen molar-refractivity contribution in [1.82, 2.24) is 15.3 Å². The molecule has 1 rings (SSSR count). The van der Waals surface area contributed by atoms with Gasteiger partial charge in [0.2, 0.25) is 12.5 Å². The van der Waals surface area contributed by atoms with Gasteiger partial charge in [-0.05, 0) is 77.0 Å². The largest absolute Gasteiger partial charge is 0.445 e. The highest BCUT2D eigenvalue weighted by Gasteiger charge is 2.30. The van der Waals surface area contributed by atoms with E-state index >= 15 is 0 Å².